The molecule has 2 aliphatic heterocycles. The van der Waals surface area contributed by atoms with E-state index in [1.807, 2.05) is 20.8 Å². The van der Waals surface area contributed by atoms with Crippen molar-refractivity contribution in [2.45, 2.75) is 57.4 Å². The number of rotatable bonds is 2. The maximum Gasteiger partial charge on any atom is 0.187 e. The Morgan fingerprint density at radius 3 is 2.50 bits per heavy atom. The topological polar surface area (TPSA) is 47.9 Å². The van der Waals surface area contributed by atoms with Crippen molar-refractivity contribution in [2.24, 2.45) is 0 Å². The molecule has 3 atom stereocenters. The summed E-state index contributed by atoms with van der Waals surface area (Å²) in [5.41, 5.74) is -0.453. The smallest absolute Gasteiger partial charge is 0.187 e. The molecule has 4 nitrogen and oxygen atoms in total. The summed E-state index contributed by atoms with van der Waals surface area (Å²) in [6.07, 6.45) is 1.16. The van der Waals surface area contributed by atoms with Gasteiger partial charge in [0.1, 0.15) is 6.10 Å². The summed E-state index contributed by atoms with van der Waals surface area (Å²) in [4.78, 5) is 0. The van der Waals surface area contributed by atoms with E-state index >= 15 is 0 Å². The Morgan fingerprint density at radius 2 is 2.00 bits per heavy atom. The van der Waals surface area contributed by atoms with Crippen LogP contribution in [0.5, 0.6) is 0 Å². The molecule has 0 spiro atoms. The molecule has 0 aromatic heterocycles. The van der Waals surface area contributed by atoms with Gasteiger partial charge in [-0.2, -0.15) is 0 Å². The Kier molecular flexibility index (Phi) is 2.34. The fraction of sp³-hybridized carbons (Fsp3) is 1.00. The van der Waals surface area contributed by atoms with Gasteiger partial charge in [0.05, 0.1) is 12.2 Å². The molecule has 2 aliphatic rings. The molecular formula is C10H18O4. The SMILES string of the molecule is CC[C@]1(CO)C[C@@H]2OC(C)(C)O[C@H]2O1. The molecule has 82 valence electrons. The molecule has 0 unspecified atom stereocenters. The second kappa shape index (κ2) is 3.17. The van der Waals surface area contributed by atoms with E-state index in [0.29, 0.717) is 6.42 Å². The molecule has 0 saturated carbocycles. The minimum Gasteiger partial charge on any atom is -0.393 e. The van der Waals surface area contributed by atoms with Crippen molar-refractivity contribution in [3.8, 4) is 0 Å². The minimum absolute atomic E-state index is 0.0305. The fourth-order valence-corrected chi connectivity index (χ4v) is 2.14. The molecule has 4 heteroatoms. The summed E-state index contributed by atoms with van der Waals surface area (Å²) < 4.78 is 17.0. The predicted octanol–water partition coefficient (Wildman–Crippen LogP) is 1.03. The van der Waals surface area contributed by atoms with Crippen LogP contribution in [0.25, 0.3) is 0 Å². The van der Waals surface area contributed by atoms with Crippen molar-refractivity contribution < 1.29 is 19.3 Å². The molecule has 1 N–H and O–H groups in total. The van der Waals surface area contributed by atoms with Crippen molar-refractivity contribution in [1.82, 2.24) is 0 Å². The average molecular weight is 202 g/mol. The lowest BCUT2D eigenvalue weighted by atomic mass is 9.97. The first-order chi connectivity index (χ1) is 6.50. The first-order valence-corrected chi connectivity index (χ1v) is 5.15. The van der Waals surface area contributed by atoms with Crippen molar-refractivity contribution in [2.75, 3.05) is 6.61 Å². The highest BCUT2D eigenvalue weighted by molar-refractivity contribution is 4.94. The number of ether oxygens (including phenoxy) is 3. The molecular weight excluding hydrogens is 184 g/mol. The fourth-order valence-electron chi connectivity index (χ4n) is 2.14. The third-order valence-corrected chi connectivity index (χ3v) is 3.01. The minimum atomic E-state index is -0.551. The highest BCUT2D eigenvalue weighted by Gasteiger charge is 2.53. The van der Waals surface area contributed by atoms with Crippen molar-refractivity contribution in [1.29, 1.82) is 0 Å². The van der Waals surface area contributed by atoms with Gasteiger partial charge in [-0.15, -0.1) is 0 Å². The number of aliphatic hydroxyl groups is 1. The summed E-state index contributed by atoms with van der Waals surface area (Å²) in [6.45, 7) is 5.79. The largest absolute Gasteiger partial charge is 0.393 e. The van der Waals surface area contributed by atoms with E-state index in [1.54, 1.807) is 0 Å². The van der Waals surface area contributed by atoms with Gasteiger partial charge in [-0.25, -0.2) is 0 Å². The van der Waals surface area contributed by atoms with Crippen LogP contribution in [0.1, 0.15) is 33.6 Å². The number of hydrogen-bond donors (Lipinski definition) is 1. The summed E-state index contributed by atoms with van der Waals surface area (Å²) in [5, 5.41) is 9.27. The maximum atomic E-state index is 9.27. The second-order valence-electron chi connectivity index (χ2n) is 4.56. The predicted molar refractivity (Wildman–Crippen MR) is 49.6 cm³/mol. The summed E-state index contributed by atoms with van der Waals surface area (Å²) in [5.74, 6) is -0.551. The normalized spacial score (nSPS) is 45.4. The van der Waals surface area contributed by atoms with E-state index in [4.69, 9.17) is 14.2 Å². The van der Waals surface area contributed by atoms with E-state index in [0.717, 1.165) is 6.42 Å². The van der Waals surface area contributed by atoms with E-state index in [-0.39, 0.29) is 19.0 Å². The van der Waals surface area contributed by atoms with Gasteiger partial charge in [-0.1, -0.05) is 6.92 Å². The molecule has 0 aromatic carbocycles. The zero-order chi connectivity index (χ0) is 10.4. The first kappa shape index (κ1) is 10.4. The second-order valence-corrected chi connectivity index (χ2v) is 4.56. The van der Waals surface area contributed by atoms with Gasteiger partial charge in [0.2, 0.25) is 0 Å². The lowest BCUT2D eigenvalue weighted by Crippen LogP contribution is -2.35. The summed E-state index contributed by atoms with van der Waals surface area (Å²) >= 11 is 0. The van der Waals surface area contributed by atoms with Crippen molar-refractivity contribution in [3.05, 3.63) is 0 Å². The van der Waals surface area contributed by atoms with E-state index < -0.39 is 11.4 Å². The van der Waals surface area contributed by atoms with Gasteiger partial charge in [-0.05, 0) is 20.3 Å². The summed E-state index contributed by atoms with van der Waals surface area (Å²) in [7, 11) is 0. The lowest BCUT2D eigenvalue weighted by Gasteiger charge is -2.28. The molecule has 14 heavy (non-hydrogen) atoms. The van der Waals surface area contributed by atoms with E-state index in [2.05, 4.69) is 0 Å². The Morgan fingerprint density at radius 1 is 1.29 bits per heavy atom. The Balaban J connectivity index is 2.06. The number of hydrogen-bond acceptors (Lipinski definition) is 4. The maximum absolute atomic E-state index is 9.27. The quantitative estimate of drug-likeness (QED) is 0.726. The van der Waals surface area contributed by atoms with Crippen LogP contribution >= 0.6 is 0 Å². The highest BCUT2D eigenvalue weighted by atomic mass is 16.8. The zero-order valence-corrected chi connectivity index (χ0v) is 8.95. The number of aliphatic hydroxyl groups excluding tert-OH is 1. The Bertz CT molecular complexity index is 204. The molecule has 0 radical (unpaired) electrons. The molecule has 0 aromatic rings. The van der Waals surface area contributed by atoms with Crippen LogP contribution in [0, 0.1) is 0 Å². The molecule has 0 amide bonds. The van der Waals surface area contributed by atoms with Crippen LogP contribution in [-0.4, -0.2) is 35.5 Å². The first-order valence-electron chi connectivity index (χ1n) is 5.15. The average Bonchev–Trinajstić information content (AvgIpc) is 2.55. The van der Waals surface area contributed by atoms with Crippen molar-refractivity contribution >= 4 is 0 Å². The lowest BCUT2D eigenvalue weighted by molar-refractivity contribution is -0.231. The van der Waals surface area contributed by atoms with Crippen LogP contribution in [0.2, 0.25) is 0 Å². The summed E-state index contributed by atoms with van der Waals surface area (Å²) in [6, 6.07) is 0. The third kappa shape index (κ3) is 1.56. The van der Waals surface area contributed by atoms with Gasteiger partial charge in [-0.3, -0.25) is 0 Å². The molecule has 2 saturated heterocycles. The molecule has 2 heterocycles. The van der Waals surface area contributed by atoms with Crippen LogP contribution in [0.4, 0.5) is 0 Å². The Hall–Kier alpha value is -0.160. The monoisotopic (exact) mass is 202 g/mol. The zero-order valence-electron chi connectivity index (χ0n) is 8.95. The Labute approximate surface area is 84.1 Å². The molecule has 0 aliphatic carbocycles. The number of fused-ring (bicyclic) bond motifs is 1. The van der Waals surface area contributed by atoms with Crippen LogP contribution in [-0.2, 0) is 14.2 Å². The van der Waals surface area contributed by atoms with Crippen LogP contribution in [0.15, 0.2) is 0 Å². The third-order valence-electron chi connectivity index (χ3n) is 3.01. The van der Waals surface area contributed by atoms with E-state index in [1.165, 1.54) is 0 Å². The van der Waals surface area contributed by atoms with E-state index in [9.17, 15) is 5.11 Å². The molecule has 2 rings (SSSR count). The van der Waals surface area contributed by atoms with Gasteiger partial charge in [0.25, 0.3) is 0 Å². The van der Waals surface area contributed by atoms with Crippen LogP contribution < -0.4 is 0 Å². The van der Waals surface area contributed by atoms with Crippen LogP contribution in [0.3, 0.4) is 0 Å². The molecule has 2 fully saturated rings. The highest BCUT2D eigenvalue weighted by Crippen LogP contribution is 2.42. The molecule has 0 bridgehead atoms. The van der Waals surface area contributed by atoms with Crippen molar-refractivity contribution in [3.63, 3.8) is 0 Å². The van der Waals surface area contributed by atoms with Gasteiger partial charge >= 0.3 is 0 Å². The van der Waals surface area contributed by atoms with Gasteiger partial charge in [0, 0.05) is 6.42 Å². The van der Waals surface area contributed by atoms with Gasteiger partial charge in [0.15, 0.2) is 12.1 Å². The van der Waals surface area contributed by atoms with Gasteiger partial charge < -0.3 is 19.3 Å². The standard InChI is InChI=1S/C10H18O4/c1-4-10(6-11)5-7-8(14-10)13-9(2,3)12-7/h7-8,11H,4-6H2,1-3H3/t7-,8-,10+/m0/s1.